The summed E-state index contributed by atoms with van der Waals surface area (Å²) in [5.41, 5.74) is 10.8. The average molecular weight is 571 g/mol. The molecule has 0 aliphatic carbocycles. The molecular formula is C38H22N2O2S. The van der Waals surface area contributed by atoms with Gasteiger partial charge in [-0.2, -0.15) is 0 Å². The lowest BCUT2D eigenvalue weighted by molar-refractivity contribution is 0.620. The predicted molar refractivity (Wildman–Crippen MR) is 176 cm³/mol. The van der Waals surface area contributed by atoms with E-state index in [1.165, 1.54) is 4.70 Å². The van der Waals surface area contributed by atoms with Gasteiger partial charge >= 0.3 is 0 Å². The zero-order chi connectivity index (χ0) is 28.3. The predicted octanol–water partition coefficient (Wildman–Crippen LogP) is 11.0. The fourth-order valence-electron chi connectivity index (χ4n) is 5.84. The van der Waals surface area contributed by atoms with Crippen LogP contribution in [0.2, 0.25) is 0 Å². The van der Waals surface area contributed by atoms with Gasteiger partial charge in [0.05, 0.1) is 10.2 Å². The van der Waals surface area contributed by atoms with Gasteiger partial charge in [0.15, 0.2) is 5.58 Å². The highest BCUT2D eigenvalue weighted by Gasteiger charge is 2.16. The first-order chi connectivity index (χ1) is 21.3. The second kappa shape index (κ2) is 9.51. The molecule has 0 radical (unpaired) electrons. The number of thiazole rings is 1. The summed E-state index contributed by atoms with van der Waals surface area (Å²) in [5, 5.41) is 3.23. The number of fused-ring (bicyclic) bond motifs is 5. The Hall–Kier alpha value is -5.52. The molecule has 0 N–H and O–H groups in total. The third-order valence-corrected chi connectivity index (χ3v) is 9.03. The Kier molecular flexibility index (Phi) is 5.33. The number of furan rings is 1. The number of hydrogen-bond donors (Lipinski definition) is 0. The Balaban J connectivity index is 1.21. The minimum atomic E-state index is 0.619. The highest BCUT2D eigenvalue weighted by atomic mass is 32.1. The Bertz CT molecular complexity index is 2400. The molecule has 9 rings (SSSR count). The van der Waals surface area contributed by atoms with Crippen molar-refractivity contribution in [2.45, 2.75) is 0 Å². The van der Waals surface area contributed by atoms with E-state index in [0.29, 0.717) is 5.89 Å². The van der Waals surface area contributed by atoms with Crippen molar-refractivity contribution >= 4 is 54.6 Å². The van der Waals surface area contributed by atoms with E-state index >= 15 is 0 Å². The van der Waals surface area contributed by atoms with Crippen molar-refractivity contribution in [3.05, 3.63) is 133 Å². The van der Waals surface area contributed by atoms with E-state index in [1.807, 2.05) is 42.5 Å². The third kappa shape index (κ3) is 4.05. The van der Waals surface area contributed by atoms with Gasteiger partial charge in [-0.1, -0.05) is 72.8 Å². The number of nitrogens with zero attached hydrogens (tertiary/aromatic N) is 2. The van der Waals surface area contributed by atoms with E-state index in [4.69, 9.17) is 13.8 Å². The van der Waals surface area contributed by atoms with E-state index in [1.54, 1.807) is 11.3 Å². The minimum Gasteiger partial charge on any atom is -0.455 e. The lowest BCUT2D eigenvalue weighted by Crippen LogP contribution is -1.87. The minimum absolute atomic E-state index is 0.619. The molecule has 5 heteroatoms. The van der Waals surface area contributed by atoms with Crippen LogP contribution in [0.25, 0.3) is 87.5 Å². The molecule has 202 valence electrons. The standard InChI is InChI=1S/C38H22N2O2S/c1-4-13-33-29(8-1)30-10-7-9-28(36(30)41-33)26-20-25(21-27(22-26)38-40-32-12-3-6-15-35(32)43-38)23-16-18-24(19-17-23)37-39-31-11-2-5-14-34(31)42-37/h1-22H. The molecule has 0 spiro atoms. The van der Waals surface area contributed by atoms with Crippen LogP contribution in [0.3, 0.4) is 0 Å². The smallest absolute Gasteiger partial charge is 0.227 e. The second-order valence-corrected chi connectivity index (χ2v) is 11.7. The molecule has 6 aromatic carbocycles. The first-order valence-corrected chi connectivity index (χ1v) is 15.0. The van der Waals surface area contributed by atoms with E-state index < -0.39 is 0 Å². The highest BCUT2D eigenvalue weighted by molar-refractivity contribution is 7.21. The molecule has 0 atom stereocenters. The summed E-state index contributed by atoms with van der Waals surface area (Å²) in [6.45, 7) is 0. The molecule has 0 fully saturated rings. The van der Waals surface area contributed by atoms with Crippen LogP contribution in [0.4, 0.5) is 0 Å². The fourth-order valence-corrected chi connectivity index (χ4v) is 6.80. The maximum atomic E-state index is 6.44. The number of oxazole rings is 1. The topological polar surface area (TPSA) is 52.1 Å². The molecule has 0 aliphatic rings. The molecule has 0 aliphatic heterocycles. The molecule has 0 saturated carbocycles. The van der Waals surface area contributed by atoms with Crippen LogP contribution in [0.5, 0.6) is 0 Å². The Morgan fingerprint density at radius 3 is 2.02 bits per heavy atom. The highest BCUT2D eigenvalue weighted by Crippen LogP contribution is 2.40. The molecule has 9 aromatic rings. The SMILES string of the molecule is c1ccc2oc(-c3ccc(-c4cc(-c5nc6ccccc6s5)cc(-c5cccc6c5oc5ccccc56)c4)cc3)nc2c1. The molecule has 0 saturated heterocycles. The molecule has 3 heterocycles. The first kappa shape index (κ1) is 24.1. The zero-order valence-electron chi connectivity index (χ0n) is 22.8. The molecule has 0 amide bonds. The monoisotopic (exact) mass is 570 g/mol. The van der Waals surface area contributed by atoms with Gasteiger partial charge in [0.1, 0.15) is 21.7 Å². The van der Waals surface area contributed by atoms with Crippen molar-refractivity contribution in [2.75, 3.05) is 0 Å². The summed E-state index contributed by atoms with van der Waals surface area (Å²) in [6.07, 6.45) is 0. The maximum absolute atomic E-state index is 6.44. The molecule has 4 nitrogen and oxygen atoms in total. The van der Waals surface area contributed by atoms with E-state index in [9.17, 15) is 0 Å². The van der Waals surface area contributed by atoms with Crippen molar-refractivity contribution in [3.63, 3.8) is 0 Å². The number of para-hydroxylation sites is 5. The summed E-state index contributed by atoms with van der Waals surface area (Å²) in [6, 6.07) is 45.9. The van der Waals surface area contributed by atoms with Crippen molar-refractivity contribution in [1.82, 2.24) is 9.97 Å². The Labute approximate surface area is 250 Å². The van der Waals surface area contributed by atoms with Crippen LogP contribution in [-0.2, 0) is 0 Å². The Morgan fingerprint density at radius 2 is 1.16 bits per heavy atom. The molecule has 43 heavy (non-hydrogen) atoms. The fraction of sp³-hybridized carbons (Fsp3) is 0. The molecule has 0 bridgehead atoms. The zero-order valence-corrected chi connectivity index (χ0v) is 23.6. The molecule has 0 unspecified atom stereocenters. The second-order valence-electron chi connectivity index (χ2n) is 10.6. The van der Waals surface area contributed by atoms with Gasteiger partial charge in [0.25, 0.3) is 0 Å². The van der Waals surface area contributed by atoms with Crippen LogP contribution < -0.4 is 0 Å². The van der Waals surface area contributed by atoms with Gasteiger partial charge in [0, 0.05) is 27.5 Å². The van der Waals surface area contributed by atoms with E-state index in [0.717, 1.165) is 76.9 Å². The number of benzene rings is 6. The third-order valence-electron chi connectivity index (χ3n) is 7.95. The summed E-state index contributed by atoms with van der Waals surface area (Å²) < 4.78 is 13.6. The van der Waals surface area contributed by atoms with Crippen molar-refractivity contribution in [1.29, 1.82) is 0 Å². The van der Waals surface area contributed by atoms with Gasteiger partial charge in [0.2, 0.25) is 5.89 Å². The summed E-state index contributed by atoms with van der Waals surface area (Å²) in [7, 11) is 0. The Morgan fingerprint density at radius 1 is 0.465 bits per heavy atom. The van der Waals surface area contributed by atoms with Crippen molar-refractivity contribution < 1.29 is 8.83 Å². The van der Waals surface area contributed by atoms with Gasteiger partial charge < -0.3 is 8.83 Å². The number of aromatic nitrogens is 2. The van der Waals surface area contributed by atoms with Gasteiger partial charge in [-0.25, -0.2) is 9.97 Å². The summed E-state index contributed by atoms with van der Waals surface area (Å²) in [4.78, 5) is 9.68. The van der Waals surface area contributed by atoms with Crippen molar-refractivity contribution in [3.8, 4) is 44.3 Å². The van der Waals surface area contributed by atoms with Crippen LogP contribution >= 0.6 is 11.3 Å². The lowest BCUT2D eigenvalue weighted by Gasteiger charge is -2.10. The van der Waals surface area contributed by atoms with Crippen molar-refractivity contribution in [2.24, 2.45) is 0 Å². The average Bonchev–Trinajstić information content (AvgIpc) is 3.79. The van der Waals surface area contributed by atoms with Gasteiger partial charge in [-0.15, -0.1) is 11.3 Å². The maximum Gasteiger partial charge on any atom is 0.227 e. The number of rotatable bonds is 4. The first-order valence-electron chi connectivity index (χ1n) is 14.1. The summed E-state index contributed by atoms with van der Waals surface area (Å²) in [5.74, 6) is 0.619. The normalized spacial score (nSPS) is 11.7. The molecular weight excluding hydrogens is 548 g/mol. The van der Waals surface area contributed by atoms with E-state index in [2.05, 4.69) is 96.0 Å². The summed E-state index contributed by atoms with van der Waals surface area (Å²) >= 11 is 1.71. The molecule has 3 aromatic heterocycles. The van der Waals surface area contributed by atoms with Crippen LogP contribution in [0.15, 0.2) is 142 Å². The van der Waals surface area contributed by atoms with Crippen LogP contribution in [0, 0.1) is 0 Å². The van der Waals surface area contributed by atoms with Crippen LogP contribution in [0.1, 0.15) is 0 Å². The van der Waals surface area contributed by atoms with Gasteiger partial charge in [-0.3, -0.25) is 0 Å². The van der Waals surface area contributed by atoms with Gasteiger partial charge in [-0.05, 0) is 77.4 Å². The van der Waals surface area contributed by atoms with Crippen LogP contribution in [-0.4, -0.2) is 9.97 Å². The quantitative estimate of drug-likeness (QED) is 0.211. The lowest BCUT2D eigenvalue weighted by atomic mass is 9.94. The largest absolute Gasteiger partial charge is 0.455 e. The number of hydrogen-bond acceptors (Lipinski definition) is 5. The van der Waals surface area contributed by atoms with E-state index in [-0.39, 0.29) is 0 Å².